The smallest absolute Gasteiger partial charge is 0.339 e. The van der Waals surface area contributed by atoms with Gasteiger partial charge in [-0.1, -0.05) is 12.1 Å². The molecule has 1 aliphatic heterocycles. The molecule has 1 aromatic rings. The van der Waals surface area contributed by atoms with Crippen LogP contribution in [0.5, 0.6) is 0 Å². The zero-order valence-electron chi connectivity index (χ0n) is 7.92. The molecule has 0 amide bonds. The van der Waals surface area contributed by atoms with Gasteiger partial charge in [-0.3, -0.25) is 4.98 Å². The van der Waals surface area contributed by atoms with E-state index in [4.69, 9.17) is 0 Å². The fourth-order valence-corrected chi connectivity index (χ4v) is 1.48. The van der Waals surface area contributed by atoms with Gasteiger partial charge < -0.3 is 10.4 Å². The molecule has 2 rings (SSSR count). The number of aliphatic carboxylic acids is 1. The standard InChI is InChI=1S/C11H10N2O2/c14-10(15)11(6-2-4-8-13-11)9-5-1-3-7-12-9/h1-8,13H,(H,14,15). The van der Waals surface area contributed by atoms with Crippen LogP contribution in [0, 0.1) is 0 Å². The number of dihydropyridines is 1. The highest BCUT2D eigenvalue weighted by atomic mass is 16.4. The van der Waals surface area contributed by atoms with Gasteiger partial charge in [0.1, 0.15) is 0 Å². The van der Waals surface area contributed by atoms with E-state index < -0.39 is 11.5 Å². The summed E-state index contributed by atoms with van der Waals surface area (Å²) in [6.07, 6.45) is 8.19. The van der Waals surface area contributed by atoms with E-state index in [-0.39, 0.29) is 0 Å². The van der Waals surface area contributed by atoms with Gasteiger partial charge in [0.25, 0.3) is 0 Å². The highest BCUT2D eigenvalue weighted by Crippen LogP contribution is 2.23. The molecule has 0 aliphatic carbocycles. The second-order valence-corrected chi connectivity index (χ2v) is 3.19. The van der Waals surface area contributed by atoms with Crippen molar-refractivity contribution in [3.05, 3.63) is 54.5 Å². The predicted octanol–water partition coefficient (Wildman–Crippen LogP) is 1.03. The number of nitrogens with one attached hydrogen (secondary N) is 1. The molecular formula is C11H10N2O2. The van der Waals surface area contributed by atoms with Crippen LogP contribution in [0.3, 0.4) is 0 Å². The fourth-order valence-electron chi connectivity index (χ4n) is 1.48. The Morgan fingerprint density at radius 3 is 2.80 bits per heavy atom. The predicted molar refractivity (Wildman–Crippen MR) is 55.0 cm³/mol. The molecule has 1 unspecified atom stereocenters. The molecule has 2 N–H and O–H groups in total. The van der Waals surface area contributed by atoms with E-state index in [1.807, 2.05) is 0 Å². The fraction of sp³-hybridized carbons (Fsp3) is 0.0909. The third-order valence-corrected chi connectivity index (χ3v) is 2.27. The minimum Gasteiger partial charge on any atom is -0.479 e. The molecule has 15 heavy (non-hydrogen) atoms. The second kappa shape index (κ2) is 3.57. The van der Waals surface area contributed by atoms with Crippen molar-refractivity contribution in [2.45, 2.75) is 5.54 Å². The quantitative estimate of drug-likeness (QED) is 0.752. The Morgan fingerprint density at radius 2 is 2.27 bits per heavy atom. The summed E-state index contributed by atoms with van der Waals surface area (Å²) in [7, 11) is 0. The summed E-state index contributed by atoms with van der Waals surface area (Å²) < 4.78 is 0. The van der Waals surface area contributed by atoms with Gasteiger partial charge in [0.15, 0.2) is 5.54 Å². The number of allylic oxidation sites excluding steroid dienone is 2. The Labute approximate surface area is 87.0 Å². The monoisotopic (exact) mass is 202 g/mol. The molecule has 1 aromatic heterocycles. The highest BCUT2D eigenvalue weighted by Gasteiger charge is 2.38. The van der Waals surface area contributed by atoms with E-state index >= 15 is 0 Å². The van der Waals surface area contributed by atoms with Crippen LogP contribution in [0.1, 0.15) is 5.69 Å². The first-order chi connectivity index (χ1) is 7.26. The lowest BCUT2D eigenvalue weighted by Gasteiger charge is -2.27. The van der Waals surface area contributed by atoms with Crippen LogP contribution >= 0.6 is 0 Å². The van der Waals surface area contributed by atoms with Crippen molar-refractivity contribution in [3.63, 3.8) is 0 Å². The molecule has 1 aliphatic rings. The summed E-state index contributed by atoms with van der Waals surface area (Å²) >= 11 is 0. The van der Waals surface area contributed by atoms with Crippen molar-refractivity contribution in [1.82, 2.24) is 10.3 Å². The molecule has 1 atom stereocenters. The summed E-state index contributed by atoms with van der Waals surface area (Å²) in [4.78, 5) is 15.4. The third-order valence-electron chi connectivity index (χ3n) is 2.27. The summed E-state index contributed by atoms with van der Waals surface area (Å²) in [6.45, 7) is 0. The van der Waals surface area contributed by atoms with E-state index in [2.05, 4.69) is 10.3 Å². The highest BCUT2D eigenvalue weighted by molar-refractivity contribution is 5.83. The molecule has 0 bridgehead atoms. The lowest BCUT2D eigenvalue weighted by atomic mass is 9.92. The SMILES string of the molecule is O=C(O)C1(c2ccccn2)C=CC=CN1. The van der Waals surface area contributed by atoms with Crippen LogP contribution in [-0.2, 0) is 10.3 Å². The Bertz CT molecular complexity index is 425. The number of carboxylic acids is 1. The maximum Gasteiger partial charge on any atom is 0.339 e. The van der Waals surface area contributed by atoms with Crippen molar-refractivity contribution in [2.75, 3.05) is 0 Å². The van der Waals surface area contributed by atoms with Gasteiger partial charge in [0, 0.05) is 6.20 Å². The molecule has 0 saturated carbocycles. The van der Waals surface area contributed by atoms with Crippen LogP contribution in [0.4, 0.5) is 0 Å². The van der Waals surface area contributed by atoms with Gasteiger partial charge >= 0.3 is 5.97 Å². The molecule has 0 saturated heterocycles. The lowest BCUT2D eigenvalue weighted by molar-refractivity contribution is -0.142. The van der Waals surface area contributed by atoms with E-state index in [1.54, 1.807) is 48.8 Å². The minimum atomic E-state index is -1.24. The molecule has 0 aromatic carbocycles. The van der Waals surface area contributed by atoms with Crippen molar-refractivity contribution in [1.29, 1.82) is 0 Å². The van der Waals surface area contributed by atoms with Crippen molar-refractivity contribution in [2.24, 2.45) is 0 Å². The summed E-state index contributed by atoms with van der Waals surface area (Å²) in [6, 6.07) is 5.20. The summed E-state index contributed by atoms with van der Waals surface area (Å²) in [5, 5.41) is 12.1. The molecule has 4 nitrogen and oxygen atoms in total. The van der Waals surface area contributed by atoms with Crippen molar-refractivity contribution < 1.29 is 9.90 Å². The van der Waals surface area contributed by atoms with Gasteiger partial charge in [-0.05, 0) is 30.5 Å². The molecule has 0 spiro atoms. The number of nitrogens with zero attached hydrogens (tertiary/aromatic N) is 1. The maximum atomic E-state index is 11.3. The van der Waals surface area contributed by atoms with E-state index in [0.29, 0.717) is 5.69 Å². The van der Waals surface area contributed by atoms with Crippen molar-refractivity contribution >= 4 is 5.97 Å². The number of carboxylic acid groups (broad SMARTS) is 1. The number of hydrogen-bond acceptors (Lipinski definition) is 3. The van der Waals surface area contributed by atoms with Crippen molar-refractivity contribution in [3.8, 4) is 0 Å². The molecule has 4 heteroatoms. The van der Waals surface area contributed by atoms with Gasteiger partial charge in [-0.15, -0.1) is 0 Å². The zero-order valence-corrected chi connectivity index (χ0v) is 7.92. The largest absolute Gasteiger partial charge is 0.479 e. The first-order valence-electron chi connectivity index (χ1n) is 4.53. The van der Waals surface area contributed by atoms with Crippen LogP contribution in [0.15, 0.2) is 48.8 Å². The second-order valence-electron chi connectivity index (χ2n) is 3.19. The molecule has 0 radical (unpaired) electrons. The van der Waals surface area contributed by atoms with Gasteiger partial charge in [-0.2, -0.15) is 0 Å². The normalized spacial score (nSPS) is 23.5. The lowest BCUT2D eigenvalue weighted by Crippen LogP contribution is -2.46. The van der Waals surface area contributed by atoms with Gasteiger partial charge in [0.2, 0.25) is 0 Å². The number of hydrogen-bond donors (Lipinski definition) is 2. The Hall–Kier alpha value is -2.10. The molecule has 76 valence electrons. The number of aromatic nitrogens is 1. The summed E-state index contributed by atoms with van der Waals surface area (Å²) in [5.74, 6) is -0.971. The topological polar surface area (TPSA) is 62.2 Å². The van der Waals surface area contributed by atoms with Crippen LogP contribution in [0.25, 0.3) is 0 Å². The van der Waals surface area contributed by atoms with E-state index in [1.165, 1.54) is 0 Å². The Balaban J connectivity index is 2.49. The van der Waals surface area contributed by atoms with Crippen LogP contribution in [-0.4, -0.2) is 16.1 Å². The van der Waals surface area contributed by atoms with Crippen LogP contribution in [0.2, 0.25) is 0 Å². The van der Waals surface area contributed by atoms with E-state index in [9.17, 15) is 9.90 Å². The minimum absolute atomic E-state index is 0.470. The number of carbonyl (C=O) groups is 1. The Morgan fingerprint density at radius 1 is 1.40 bits per heavy atom. The van der Waals surface area contributed by atoms with Gasteiger partial charge in [0.05, 0.1) is 5.69 Å². The molecular weight excluding hydrogens is 192 g/mol. The molecule has 2 heterocycles. The average Bonchev–Trinajstić information content (AvgIpc) is 2.31. The first kappa shape index (κ1) is 9.45. The van der Waals surface area contributed by atoms with Crippen LogP contribution < -0.4 is 5.32 Å². The zero-order chi connectivity index (χ0) is 10.7. The Kier molecular flexibility index (Phi) is 2.25. The molecule has 0 fully saturated rings. The third kappa shape index (κ3) is 1.50. The number of pyridine rings is 1. The first-order valence-corrected chi connectivity index (χ1v) is 4.53. The summed E-state index contributed by atoms with van der Waals surface area (Å²) in [5.41, 5.74) is -0.770. The maximum absolute atomic E-state index is 11.3. The van der Waals surface area contributed by atoms with Gasteiger partial charge in [-0.25, -0.2) is 4.79 Å². The number of rotatable bonds is 2. The average molecular weight is 202 g/mol. The van der Waals surface area contributed by atoms with E-state index in [0.717, 1.165) is 0 Å².